The predicted molar refractivity (Wildman–Crippen MR) is 138 cm³/mol. The Labute approximate surface area is 216 Å². The lowest BCUT2D eigenvalue weighted by molar-refractivity contribution is -0.139. The molecule has 2 heterocycles. The standard InChI is InChI=1S/C26H25ClN2O6S/c1-6-35-25(31)21-14(2)28-26-29(24(30)20(36-26)11-15-7-9-17(27)10-8-15)22(21)16-12-18(32-3)23(34-5)19(13-16)33-4/h7-13,22H,6H2,1-5H3. The van der Waals surface area contributed by atoms with Crippen LogP contribution in [0.5, 0.6) is 17.2 Å². The molecule has 1 aliphatic heterocycles. The van der Waals surface area contributed by atoms with E-state index in [1.165, 1.54) is 37.2 Å². The summed E-state index contributed by atoms with van der Waals surface area (Å²) in [6.45, 7) is 3.63. The summed E-state index contributed by atoms with van der Waals surface area (Å²) >= 11 is 7.24. The fourth-order valence-corrected chi connectivity index (χ4v) is 5.25. The summed E-state index contributed by atoms with van der Waals surface area (Å²) in [4.78, 5) is 31.9. The Morgan fingerprint density at radius 3 is 2.31 bits per heavy atom. The lowest BCUT2D eigenvalue weighted by atomic mass is 9.95. The molecule has 188 valence electrons. The van der Waals surface area contributed by atoms with Gasteiger partial charge >= 0.3 is 5.97 Å². The smallest absolute Gasteiger partial charge is 0.338 e. The quantitative estimate of drug-likeness (QED) is 0.436. The van der Waals surface area contributed by atoms with Crippen LogP contribution < -0.4 is 29.1 Å². The van der Waals surface area contributed by atoms with E-state index in [1.54, 1.807) is 44.2 Å². The van der Waals surface area contributed by atoms with Gasteiger partial charge in [0.25, 0.3) is 5.56 Å². The number of ether oxygens (including phenoxy) is 4. The molecule has 0 aliphatic carbocycles. The van der Waals surface area contributed by atoms with E-state index in [9.17, 15) is 9.59 Å². The Morgan fingerprint density at radius 2 is 1.75 bits per heavy atom. The number of carbonyl (C=O) groups excluding carboxylic acids is 1. The minimum absolute atomic E-state index is 0.179. The van der Waals surface area contributed by atoms with Crippen molar-refractivity contribution in [2.45, 2.75) is 19.9 Å². The lowest BCUT2D eigenvalue weighted by Gasteiger charge is -2.26. The minimum atomic E-state index is -0.818. The summed E-state index contributed by atoms with van der Waals surface area (Å²) in [7, 11) is 4.52. The third-order valence-electron chi connectivity index (χ3n) is 5.69. The second-order valence-corrected chi connectivity index (χ2v) is 9.26. The van der Waals surface area contributed by atoms with Crippen LogP contribution >= 0.6 is 22.9 Å². The molecule has 36 heavy (non-hydrogen) atoms. The van der Waals surface area contributed by atoms with Gasteiger partial charge in [-0.1, -0.05) is 35.1 Å². The number of thiazole rings is 1. The molecule has 1 aliphatic rings. The Bertz CT molecular complexity index is 1500. The molecule has 0 bridgehead atoms. The van der Waals surface area contributed by atoms with Crippen molar-refractivity contribution in [3.8, 4) is 17.2 Å². The van der Waals surface area contributed by atoms with Gasteiger partial charge in [0.1, 0.15) is 0 Å². The number of rotatable bonds is 7. The fourth-order valence-electron chi connectivity index (χ4n) is 4.08. The van der Waals surface area contributed by atoms with E-state index in [-0.39, 0.29) is 17.7 Å². The molecule has 8 nitrogen and oxygen atoms in total. The summed E-state index contributed by atoms with van der Waals surface area (Å²) in [6.07, 6.45) is 1.77. The average molecular weight is 529 g/mol. The monoisotopic (exact) mass is 528 g/mol. The van der Waals surface area contributed by atoms with Crippen LogP contribution in [0.15, 0.2) is 57.5 Å². The van der Waals surface area contributed by atoms with E-state index < -0.39 is 12.0 Å². The van der Waals surface area contributed by atoms with Gasteiger partial charge in [-0.15, -0.1) is 0 Å². The lowest BCUT2D eigenvalue weighted by Crippen LogP contribution is -2.40. The first-order valence-corrected chi connectivity index (χ1v) is 12.3. The molecule has 10 heteroatoms. The molecule has 0 fully saturated rings. The van der Waals surface area contributed by atoms with Crippen LogP contribution in [-0.4, -0.2) is 38.5 Å². The Balaban J connectivity index is 2.01. The molecule has 3 aromatic rings. The highest BCUT2D eigenvalue weighted by molar-refractivity contribution is 7.07. The van der Waals surface area contributed by atoms with Crippen molar-refractivity contribution in [1.82, 2.24) is 4.57 Å². The van der Waals surface area contributed by atoms with E-state index in [4.69, 9.17) is 30.5 Å². The summed E-state index contributed by atoms with van der Waals surface area (Å²) in [5.41, 5.74) is 1.83. The summed E-state index contributed by atoms with van der Waals surface area (Å²) in [5, 5.41) is 0.603. The van der Waals surface area contributed by atoms with E-state index in [0.717, 1.165) is 5.56 Å². The summed E-state index contributed by atoms with van der Waals surface area (Å²) in [6, 6.07) is 9.79. The van der Waals surface area contributed by atoms with Crippen LogP contribution in [-0.2, 0) is 9.53 Å². The number of hydrogen-bond acceptors (Lipinski definition) is 8. The van der Waals surface area contributed by atoms with E-state index in [1.807, 2.05) is 12.1 Å². The minimum Gasteiger partial charge on any atom is -0.493 e. The van der Waals surface area contributed by atoms with Crippen molar-refractivity contribution in [3.63, 3.8) is 0 Å². The number of esters is 1. The normalized spacial score (nSPS) is 15.3. The second kappa shape index (κ2) is 10.6. The van der Waals surface area contributed by atoms with Gasteiger partial charge in [-0.25, -0.2) is 9.79 Å². The maximum Gasteiger partial charge on any atom is 0.338 e. The van der Waals surface area contributed by atoms with Crippen LogP contribution in [0, 0.1) is 0 Å². The zero-order valence-electron chi connectivity index (χ0n) is 20.5. The molecule has 0 N–H and O–H groups in total. The van der Waals surface area contributed by atoms with Crippen LogP contribution in [0.4, 0.5) is 0 Å². The molecular formula is C26H25ClN2O6S. The zero-order chi connectivity index (χ0) is 26.0. The van der Waals surface area contributed by atoms with Gasteiger partial charge in [-0.05, 0) is 55.3 Å². The Morgan fingerprint density at radius 1 is 1.11 bits per heavy atom. The van der Waals surface area contributed by atoms with Gasteiger partial charge in [-0.3, -0.25) is 9.36 Å². The highest BCUT2D eigenvalue weighted by Gasteiger charge is 2.34. The number of hydrogen-bond donors (Lipinski definition) is 0. The highest BCUT2D eigenvalue weighted by atomic mass is 35.5. The molecule has 0 spiro atoms. The molecule has 4 rings (SSSR count). The first-order valence-electron chi connectivity index (χ1n) is 11.1. The topological polar surface area (TPSA) is 88.4 Å². The van der Waals surface area contributed by atoms with Crippen LogP contribution in [0.2, 0.25) is 5.02 Å². The molecule has 1 unspecified atom stereocenters. The van der Waals surface area contributed by atoms with Crippen molar-refractivity contribution in [2.75, 3.05) is 27.9 Å². The third-order valence-corrected chi connectivity index (χ3v) is 6.92. The Hall–Kier alpha value is -3.56. The van der Waals surface area contributed by atoms with Crippen LogP contribution in [0.1, 0.15) is 31.0 Å². The van der Waals surface area contributed by atoms with Gasteiger partial charge in [-0.2, -0.15) is 0 Å². The average Bonchev–Trinajstić information content (AvgIpc) is 3.17. The van der Waals surface area contributed by atoms with Gasteiger partial charge < -0.3 is 18.9 Å². The van der Waals surface area contributed by atoms with Gasteiger partial charge in [0.15, 0.2) is 16.3 Å². The number of aromatic nitrogens is 1. The molecule has 1 aromatic heterocycles. The highest BCUT2D eigenvalue weighted by Crippen LogP contribution is 2.42. The van der Waals surface area contributed by atoms with Gasteiger partial charge in [0.2, 0.25) is 5.75 Å². The number of allylic oxidation sites excluding steroid dienone is 1. The molecule has 0 saturated heterocycles. The largest absolute Gasteiger partial charge is 0.493 e. The van der Waals surface area contributed by atoms with E-state index >= 15 is 0 Å². The van der Waals surface area contributed by atoms with E-state index in [0.29, 0.717) is 42.9 Å². The molecule has 1 atom stereocenters. The number of halogens is 1. The summed E-state index contributed by atoms with van der Waals surface area (Å²) in [5.74, 6) is 0.641. The molecular weight excluding hydrogens is 504 g/mol. The molecule has 0 amide bonds. The predicted octanol–water partition coefficient (Wildman–Crippen LogP) is 3.48. The number of benzene rings is 2. The maximum absolute atomic E-state index is 13.7. The SMILES string of the molecule is CCOC(=O)C1=C(C)N=c2sc(=Cc3ccc(Cl)cc3)c(=O)n2C1c1cc(OC)c(OC)c(OC)c1. The molecule has 2 aromatic carbocycles. The summed E-state index contributed by atoms with van der Waals surface area (Å²) < 4.78 is 23.8. The zero-order valence-corrected chi connectivity index (χ0v) is 22.0. The number of fused-ring (bicyclic) bond motifs is 1. The van der Waals surface area contributed by atoms with Gasteiger partial charge in [0, 0.05) is 5.02 Å². The first kappa shape index (κ1) is 25.5. The van der Waals surface area contributed by atoms with Gasteiger partial charge in [0.05, 0.1) is 49.8 Å². The van der Waals surface area contributed by atoms with Crippen molar-refractivity contribution < 1.29 is 23.7 Å². The molecule has 0 radical (unpaired) electrons. The fraction of sp³-hybridized carbons (Fsp3) is 0.269. The van der Waals surface area contributed by atoms with Crippen molar-refractivity contribution >= 4 is 35.0 Å². The van der Waals surface area contributed by atoms with Crippen molar-refractivity contribution in [3.05, 3.63) is 83.5 Å². The van der Waals surface area contributed by atoms with E-state index in [2.05, 4.69) is 4.99 Å². The maximum atomic E-state index is 13.7. The van der Waals surface area contributed by atoms with Crippen molar-refractivity contribution in [2.24, 2.45) is 4.99 Å². The van der Waals surface area contributed by atoms with Crippen molar-refractivity contribution in [1.29, 1.82) is 0 Å². The first-order chi connectivity index (χ1) is 17.3. The van der Waals surface area contributed by atoms with Crippen LogP contribution in [0.3, 0.4) is 0 Å². The van der Waals surface area contributed by atoms with Crippen LogP contribution in [0.25, 0.3) is 6.08 Å². The number of carbonyl (C=O) groups is 1. The number of nitrogens with zero attached hydrogens (tertiary/aromatic N) is 2. The third kappa shape index (κ3) is 4.64. The molecule has 0 saturated carbocycles. The second-order valence-electron chi connectivity index (χ2n) is 7.81. The number of methoxy groups -OCH3 is 3. The Kier molecular flexibility index (Phi) is 7.51.